The molecule has 1 rings (SSSR count). The van der Waals surface area contributed by atoms with Crippen LogP contribution in [-0.4, -0.2) is 17.3 Å². The van der Waals surface area contributed by atoms with Crippen molar-refractivity contribution in [1.82, 2.24) is 5.32 Å². The molecule has 0 aromatic heterocycles. The summed E-state index contributed by atoms with van der Waals surface area (Å²) in [6, 6.07) is 4.11. The van der Waals surface area contributed by atoms with Crippen LogP contribution in [0.15, 0.2) is 22.7 Å². The van der Waals surface area contributed by atoms with E-state index in [0.717, 1.165) is 0 Å². The van der Waals surface area contributed by atoms with E-state index < -0.39 is 16.6 Å². The Labute approximate surface area is 105 Å². The maximum Gasteiger partial charge on any atom is 0.254 e. The molecule has 1 amide bonds. The highest BCUT2D eigenvalue weighted by Gasteiger charge is 2.12. The molecule has 0 unspecified atom stereocenters. The van der Waals surface area contributed by atoms with E-state index in [1.54, 1.807) is 0 Å². The number of benzene rings is 1. The molecular formula is C9H7BrCl2FNO. The normalized spacial score (nSPS) is 10.5. The lowest BCUT2D eigenvalue weighted by Gasteiger charge is -2.06. The zero-order valence-electron chi connectivity index (χ0n) is 7.44. The first-order valence-electron chi connectivity index (χ1n) is 4.02. The second-order valence-electron chi connectivity index (χ2n) is 2.73. The summed E-state index contributed by atoms with van der Waals surface area (Å²) in [6.07, 6.45) is 0. The van der Waals surface area contributed by atoms with Crippen molar-refractivity contribution in [3.8, 4) is 0 Å². The molecule has 0 saturated carbocycles. The van der Waals surface area contributed by atoms with Gasteiger partial charge in [0.25, 0.3) is 5.91 Å². The summed E-state index contributed by atoms with van der Waals surface area (Å²) in [6.45, 7) is 0.0773. The van der Waals surface area contributed by atoms with Crippen LogP contribution in [0, 0.1) is 5.82 Å². The number of hydrogen-bond donors (Lipinski definition) is 1. The average molecular weight is 315 g/mol. The van der Waals surface area contributed by atoms with E-state index >= 15 is 0 Å². The minimum absolute atomic E-state index is 0.0432. The molecule has 0 atom stereocenters. The van der Waals surface area contributed by atoms with Gasteiger partial charge in [-0.25, -0.2) is 4.39 Å². The highest BCUT2D eigenvalue weighted by atomic mass is 79.9. The number of rotatable bonds is 3. The van der Waals surface area contributed by atoms with Gasteiger partial charge in [-0.05, 0) is 18.2 Å². The zero-order chi connectivity index (χ0) is 11.4. The minimum atomic E-state index is -0.704. The van der Waals surface area contributed by atoms with Gasteiger partial charge in [0, 0.05) is 11.0 Å². The number of hydrogen-bond acceptors (Lipinski definition) is 1. The van der Waals surface area contributed by atoms with Crippen LogP contribution in [0.3, 0.4) is 0 Å². The van der Waals surface area contributed by atoms with Gasteiger partial charge in [0.15, 0.2) is 0 Å². The Morgan fingerprint density at radius 3 is 2.80 bits per heavy atom. The standard InChI is InChI=1S/C9H7BrCl2FNO/c10-5-1-2-7(13)6(3-5)9(15)14-4-8(11)12/h1-3,8H,4H2,(H,14,15). The lowest BCUT2D eigenvalue weighted by atomic mass is 10.2. The number of nitrogens with one attached hydrogen (secondary N) is 1. The number of amides is 1. The molecule has 0 aliphatic carbocycles. The monoisotopic (exact) mass is 313 g/mol. The maximum absolute atomic E-state index is 13.2. The fourth-order valence-corrected chi connectivity index (χ4v) is 1.45. The van der Waals surface area contributed by atoms with Gasteiger partial charge in [-0.2, -0.15) is 0 Å². The van der Waals surface area contributed by atoms with E-state index in [2.05, 4.69) is 21.2 Å². The molecule has 0 radical (unpaired) electrons. The predicted octanol–water partition coefficient (Wildman–Crippen LogP) is 3.12. The van der Waals surface area contributed by atoms with E-state index in [0.29, 0.717) is 4.47 Å². The first-order valence-corrected chi connectivity index (χ1v) is 5.68. The molecule has 1 aromatic rings. The number of carbonyl (C=O) groups is 1. The van der Waals surface area contributed by atoms with E-state index in [-0.39, 0.29) is 12.1 Å². The molecule has 1 aromatic carbocycles. The molecule has 0 heterocycles. The van der Waals surface area contributed by atoms with Crippen molar-refractivity contribution in [3.05, 3.63) is 34.1 Å². The molecule has 2 nitrogen and oxygen atoms in total. The van der Waals surface area contributed by atoms with Crippen LogP contribution in [0.5, 0.6) is 0 Å². The summed E-state index contributed by atoms with van der Waals surface area (Å²) in [5, 5.41) is 2.40. The van der Waals surface area contributed by atoms with Gasteiger partial charge in [0.2, 0.25) is 0 Å². The van der Waals surface area contributed by atoms with Crippen molar-refractivity contribution in [2.24, 2.45) is 0 Å². The Morgan fingerprint density at radius 1 is 1.53 bits per heavy atom. The van der Waals surface area contributed by atoms with Crippen molar-refractivity contribution in [2.75, 3.05) is 6.54 Å². The molecule has 0 bridgehead atoms. The SMILES string of the molecule is O=C(NCC(Cl)Cl)c1cc(Br)ccc1F. The molecule has 1 N–H and O–H groups in total. The zero-order valence-corrected chi connectivity index (χ0v) is 10.5. The van der Waals surface area contributed by atoms with Crippen molar-refractivity contribution < 1.29 is 9.18 Å². The summed E-state index contributed by atoms with van der Waals surface area (Å²) in [5.41, 5.74) is -0.0432. The van der Waals surface area contributed by atoms with Crippen molar-refractivity contribution in [2.45, 2.75) is 4.84 Å². The summed E-state index contributed by atoms with van der Waals surface area (Å²) in [7, 11) is 0. The Morgan fingerprint density at radius 2 is 2.20 bits per heavy atom. The van der Waals surface area contributed by atoms with E-state index in [1.165, 1.54) is 18.2 Å². The number of alkyl halides is 2. The number of halogens is 4. The third-order valence-electron chi connectivity index (χ3n) is 1.59. The molecule has 0 aliphatic heterocycles. The third-order valence-corrected chi connectivity index (χ3v) is 2.39. The van der Waals surface area contributed by atoms with Crippen LogP contribution >= 0.6 is 39.1 Å². The minimum Gasteiger partial charge on any atom is -0.349 e. The molecule has 0 aliphatic rings. The lowest BCUT2D eigenvalue weighted by molar-refractivity contribution is 0.0951. The van der Waals surface area contributed by atoms with Crippen LogP contribution in [0.2, 0.25) is 0 Å². The largest absolute Gasteiger partial charge is 0.349 e. The Balaban J connectivity index is 2.77. The molecule has 15 heavy (non-hydrogen) atoms. The highest BCUT2D eigenvalue weighted by Crippen LogP contribution is 2.15. The molecular weight excluding hydrogens is 308 g/mol. The fraction of sp³-hybridized carbons (Fsp3) is 0.222. The van der Waals surface area contributed by atoms with Crippen molar-refractivity contribution in [3.63, 3.8) is 0 Å². The van der Waals surface area contributed by atoms with Gasteiger partial charge in [-0.15, -0.1) is 23.2 Å². The average Bonchev–Trinajstić information content (AvgIpc) is 2.18. The summed E-state index contributed by atoms with van der Waals surface area (Å²) in [5.74, 6) is -1.13. The van der Waals surface area contributed by atoms with Gasteiger partial charge < -0.3 is 5.32 Å². The van der Waals surface area contributed by atoms with E-state index in [1.807, 2.05) is 0 Å². The highest BCUT2D eigenvalue weighted by molar-refractivity contribution is 9.10. The van der Waals surface area contributed by atoms with Crippen LogP contribution < -0.4 is 5.32 Å². The van der Waals surface area contributed by atoms with E-state index in [4.69, 9.17) is 23.2 Å². The fourth-order valence-electron chi connectivity index (χ4n) is 0.937. The first kappa shape index (κ1) is 12.7. The molecule has 6 heteroatoms. The summed E-state index contributed by atoms with van der Waals surface area (Å²) >= 11 is 14.0. The second kappa shape index (κ2) is 5.68. The van der Waals surface area contributed by atoms with Crippen molar-refractivity contribution in [1.29, 1.82) is 0 Å². The van der Waals surface area contributed by atoms with Gasteiger partial charge in [-0.3, -0.25) is 4.79 Å². The van der Waals surface area contributed by atoms with Gasteiger partial charge in [0.1, 0.15) is 10.7 Å². The predicted molar refractivity (Wildman–Crippen MR) is 61.9 cm³/mol. The van der Waals surface area contributed by atoms with Crippen LogP contribution in [0.25, 0.3) is 0 Å². The molecule has 0 saturated heterocycles. The second-order valence-corrected chi connectivity index (χ2v) is 4.92. The smallest absolute Gasteiger partial charge is 0.254 e. The maximum atomic E-state index is 13.2. The Bertz CT molecular complexity index is 373. The lowest BCUT2D eigenvalue weighted by Crippen LogP contribution is -2.28. The Hall–Kier alpha value is -0.320. The molecule has 0 fully saturated rings. The third kappa shape index (κ3) is 3.97. The summed E-state index contributed by atoms with van der Waals surface area (Å²) < 4.78 is 13.8. The summed E-state index contributed by atoms with van der Waals surface area (Å²) in [4.78, 5) is 10.7. The van der Waals surface area contributed by atoms with Gasteiger partial charge in [-0.1, -0.05) is 15.9 Å². The number of carbonyl (C=O) groups excluding carboxylic acids is 1. The van der Waals surface area contributed by atoms with E-state index in [9.17, 15) is 9.18 Å². The van der Waals surface area contributed by atoms with Crippen LogP contribution in [0.1, 0.15) is 10.4 Å². The van der Waals surface area contributed by atoms with Gasteiger partial charge >= 0.3 is 0 Å². The molecule has 0 spiro atoms. The quantitative estimate of drug-likeness (QED) is 0.853. The van der Waals surface area contributed by atoms with Crippen molar-refractivity contribution >= 4 is 45.0 Å². The first-order chi connectivity index (χ1) is 7.00. The van der Waals surface area contributed by atoms with Crippen LogP contribution in [-0.2, 0) is 0 Å². The molecule has 82 valence electrons. The van der Waals surface area contributed by atoms with Gasteiger partial charge in [0.05, 0.1) is 5.56 Å². The topological polar surface area (TPSA) is 29.1 Å². The Kier molecular flexibility index (Phi) is 4.83. The van der Waals surface area contributed by atoms with Crippen LogP contribution in [0.4, 0.5) is 4.39 Å².